The van der Waals surface area contributed by atoms with Gasteiger partial charge in [-0.3, -0.25) is 4.21 Å². The van der Waals surface area contributed by atoms with Crippen LogP contribution >= 0.6 is 12.2 Å². The molecule has 0 radical (unpaired) electrons. The van der Waals surface area contributed by atoms with Gasteiger partial charge in [-0.25, -0.2) is 0 Å². The molecule has 0 bridgehead atoms. The van der Waals surface area contributed by atoms with Crippen LogP contribution in [0.3, 0.4) is 0 Å². The Bertz CT molecular complexity index is 491. The van der Waals surface area contributed by atoms with Crippen LogP contribution in [0.5, 0.6) is 0 Å². The molecule has 1 rings (SSSR count). The SMILES string of the molecule is CCc1nnc(NCCS(C)=O)c(C(N)=S)c1CC. The molecule has 1 aromatic heterocycles. The Hall–Kier alpha value is -1.08. The number of rotatable bonds is 7. The summed E-state index contributed by atoms with van der Waals surface area (Å²) in [6.45, 7) is 4.63. The summed E-state index contributed by atoms with van der Waals surface area (Å²) in [5.74, 6) is 1.14. The molecule has 0 aliphatic rings. The van der Waals surface area contributed by atoms with Crippen LogP contribution in [0, 0.1) is 0 Å². The lowest BCUT2D eigenvalue weighted by atomic mass is 10.0. The van der Waals surface area contributed by atoms with E-state index in [2.05, 4.69) is 15.5 Å². The van der Waals surface area contributed by atoms with Gasteiger partial charge in [0.2, 0.25) is 0 Å². The Morgan fingerprint density at radius 3 is 2.53 bits per heavy atom. The van der Waals surface area contributed by atoms with Gasteiger partial charge in [0.05, 0.1) is 11.3 Å². The first-order chi connectivity index (χ1) is 9.01. The lowest BCUT2D eigenvalue weighted by Crippen LogP contribution is -2.21. The number of anilines is 1. The van der Waals surface area contributed by atoms with Crippen molar-refractivity contribution in [2.45, 2.75) is 26.7 Å². The summed E-state index contributed by atoms with van der Waals surface area (Å²) in [4.78, 5) is 0.321. The summed E-state index contributed by atoms with van der Waals surface area (Å²) >= 11 is 5.12. The van der Waals surface area contributed by atoms with Crippen LogP contribution in [0.15, 0.2) is 0 Å². The first-order valence-corrected chi connectivity index (χ1v) is 8.36. The number of thiocarbonyl (C=S) groups is 1. The Kier molecular flexibility index (Phi) is 6.30. The highest BCUT2D eigenvalue weighted by Crippen LogP contribution is 2.20. The normalized spacial score (nSPS) is 12.2. The van der Waals surface area contributed by atoms with Crippen molar-refractivity contribution in [3.63, 3.8) is 0 Å². The molecule has 0 aliphatic carbocycles. The zero-order valence-corrected chi connectivity index (χ0v) is 13.2. The maximum atomic E-state index is 11.1. The largest absolute Gasteiger partial charge is 0.389 e. The summed E-state index contributed by atoms with van der Waals surface area (Å²) in [5.41, 5.74) is 8.55. The van der Waals surface area contributed by atoms with E-state index in [0.29, 0.717) is 23.1 Å². The van der Waals surface area contributed by atoms with Gasteiger partial charge in [0.25, 0.3) is 0 Å². The predicted molar refractivity (Wildman–Crippen MR) is 84.1 cm³/mol. The van der Waals surface area contributed by atoms with Crippen molar-refractivity contribution in [2.24, 2.45) is 5.73 Å². The molecule has 7 heteroatoms. The van der Waals surface area contributed by atoms with E-state index < -0.39 is 10.8 Å². The monoisotopic (exact) mass is 300 g/mol. The van der Waals surface area contributed by atoms with Crippen LogP contribution in [-0.4, -0.2) is 37.9 Å². The van der Waals surface area contributed by atoms with Gasteiger partial charge < -0.3 is 11.1 Å². The van der Waals surface area contributed by atoms with Crippen molar-refractivity contribution in [3.05, 3.63) is 16.8 Å². The molecule has 3 N–H and O–H groups in total. The molecule has 0 saturated carbocycles. The Morgan fingerprint density at radius 1 is 1.37 bits per heavy atom. The highest BCUT2D eigenvalue weighted by Gasteiger charge is 2.16. The van der Waals surface area contributed by atoms with Gasteiger partial charge in [-0.2, -0.15) is 5.10 Å². The smallest absolute Gasteiger partial charge is 0.159 e. The number of nitrogens with one attached hydrogen (secondary N) is 1. The van der Waals surface area contributed by atoms with Gasteiger partial charge in [-0.1, -0.05) is 26.1 Å². The van der Waals surface area contributed by atoms with E-state index in [0.717, 1.165) is 29.7 Å². The zero-order valence-electron chi connectivity index (χ0n) is 11.5. The highest BCUT2D eigenvalue weighted by atomic mass is 32.2. The van der Waals surface area contributed by atoms with Crippen LogP contribution in [0.1, 0.15) is 30.7 Å². The van der Waals surface area contributed by atoms with E-state index in [1.54, 1.807) is 6.26 Å². The van der Waals surface area contributed by atoms with Gasteiger partial charge in [-0.15, -0.1) is 5.10 Å². The summed E-state index contributed by atoms with van der Waals surface area (Å²) in [7, 11) is -0.844. The van der Waals surface area contributed by atoms with Gasteiger partial charge in [0, 0.05) is 29.4 Å². The molecule has 0 saturated heterocycles. The topological polar surface area (TPSA) is 80.9 Å². The van der Waals surface area contributed by atoms with Crippen molar-refractivity contribution in [1.82, 2.24) is 10.2 Å². The van der Waals surface area contributed by atoms with Crippen molar-refractivity contribution < 1.29 is 4.21 Å². The van der Waals surface area contributed by atoms with Gasteiger partial charge in [-0.05, 0) is 18.4 Å². The van der Waals surface area contributed by atoms with Gasteiger partial charge in [0.1, 0.15) is 4.99 Å². The van der Waals surface area contributed by atoms with Crippen molar-refractivity contribution >= 4 is 33.8 Å². The molecule has 106 valence electrons. The minimum absolute atomic E-state index is 0.321. The van der Waals surface area contributed by atoms with Crippen LogP contribution in [0.4, 0.5) is 5.82 Å². The third-order valence-electron chi connectivity index (χ3n) is 2.77. The van der Waals surface area contributed by atoms with Crippen molar-refractivity contribution in [1.29, 1.82) is 0 Å². The van der Waals surface area contributed by atoms with Crippen molar-refractivity contribution in [3.8, 4) is 0 Å². The van der Waals surface area contributed by atoms with E-state index in [4.69, 9.17) is 18.0 Å². The van der Waals surface area contributed by atoms with Crippen LogP contribution < -0.4 is 11.1 Å². The van der Waals surface area contributed by atoms with Crippen LogP contribution in [0.2, 0.25) is 0 Å². The zero-order chi connectivity index (χ0) is 14.4. The van der Waals surface area contributed by atoms with Crippen LogP contribution in [0.25, 0.3) is 0 Å². The number of hydrogen-bond acceptors (Lipinski definition) is 5. The average molecular weight is 300 g/mol. The number of aromatic nitrogens is 2. The Morgan fingerprint density at radius 2 is 2.05 bits per heavy atom. The molecule has 1 unspecified atom stereocenters. The van der Waals surface area contributed by atoms with E-state index in [9.17, 15) is 4.21 Å². The molecule has 0 aromatic carbocycles. The average Bonchev–Trinajstić information content (AvgIpc) is 2.37. The molecule has 1 atom stereocenters. The molecule has 19 heavy (non-hydrogen) atoms. The lowest BCUT2D eigenvalue weighted by molar-refractivity contribution is 0.687. The van der Waals surface area contributed by atoms with Crippen molar-refractivity contribution in [2.75, 3.05) is 23.9 Å². The minimum atomic E-state index is -0.844. The van der Waals surface area contributed by atoms with E-state index in [1.807, 2.05) is 13.8 Å². The Balaban J connectivity index is 3.10. The third kappa shape index (κ3) is 4.21. The third-order valence-corrected chi connectivity index (χ3v) is 3.76. The second-order valence-electron chi connectivity index (χ2n) is 4.12. The Labute approximate surface area is 121 Å². The van der Waals surface area contributed by atoms with E-state index >= 15 is 0 Å². The van der Waals surface area contributed by atoms with E-state index in [1.165, 1.54) is 0 Å². The molecule has 0 spiro atoms. The van der Waals surface area contributed by atoms with Gasteiger partial charge in [0.15, 0.2) is 5.82 Å². The second kappa shape index (κ2) is 7.49. The van der Waals surface area contributed by atoms with Gasteiger partial charge >= 0.3 is 0 Å². The molecular formula is C12H20N4OS2. The number of nitrogens with two attached hydrogens (primary N) is 1. The van der Waals surface area contributed by atoms with Crippen LogP contribution in [-0.2, 0) is 23.6 Å². The fourth-order valence-corrected chi connectivity index (χ4v) is 2.48. The summed E-state index contributed by atoms with van der Waals surface area (Å²) in [6, 6.07) is 0. The summed E-state index contributed by atoms with van der Waals surface area (Å²) < 4.78 is 11.1. The minimum Gasteiger partial charge on any atom is -0.389 e. The second-order valence-corrected chi connectivity index (χ2v) is 6.12. The molecule has 0 aliphatic heterocycles. The summed E-state index contributed by atoms with van der Waals surface area (Å²) in [5, 5.41) is 11.5. The molecule has 0 fully saturated rings. The molecule has 1 heterocycles. The molecule has 0 amide bonds. The first kappa shape index (κ1) is 16.0. The summed E-state index contributed by atoms with van der Waals surface area (Å²) in [6.07, 6.45) is 3.27. The first-order valence-electron chi connectivity index (χ1n) is 6.23. The lowest BCUT2D eigenvalue weighted by Gasteiger charge is -2.15. The van der Waals surface area contributed by atoms with E-state index in [-0.39, 0.29) is 0 Å². The maximum absolute atomic E-state index is 11.1. The highest BCUT2D eigenvalue weighted by molar-refractivity contribution is 7.84. The number of nitrogens with zero attached hydrogens (tertiary/aromatic N) is 2. The maximum Gasteiger partial charge on any atom is 0.159 e. The fraction of sp³-hybridized carbons (Fsp3) is 0.583. The molecule has 5 nitrogen and oxygen atoms in total. The molecule has 1 aromatic rings. The fourth-order valence-electron chi connectivity index (χ4n) is 1.88. The molecular weight excluding hydrogens is 280 g/mol. The number of hydrogen-bond donors (Lipinski definition) is 2. The predicted octanol–water partition coefficient (Wildman–Crippen LogP) is 1.03. The quantitative estimate of drug-likeness (QED) is 0.732. The standard InChI is InChI=1S/C12H20N4OS2/c1-4-8-9(5-2)15-16-12(10(8)11(13)18)14-6-7-19(3)17/h4-7H2,1-3H3,(H2,13,18)(H,14,16). The number of aryl methyl sites for hydroxylation is 1.